The maximum atomic E-state index is 14.0. The molecule has 114 valence electrons. The third kappa shape index (κ3) is 3.71. The van der Waals surface area contributed by atoms with Gasteiger partial charge in [0.2, 0.25) is 0 Å². The van der Waals surface area contributed by atoms with Crippen LogP contribution in [-0.2, 0) is 19.4 Å². The Kier molecular flexibility index (Phi) is 5.53. The van der Waals surface area contributed by atoms with Crippen LogP contribution in [0.5, 0.6) is 0 Å². The number of nitrogens with one attached hydrogen (secondary N) is 1. The van der Waals surface area contributed by atoms with Gasteiger partial charge in [-0.1, -0.05) is 22.9 Å². The van der Waals surface area contributed by atoms with E-state index in [1.54, 1.807) is 6.07 Å². The average Bonchev–Trinajstić information content (AvgIpc) is 2.91. The van der Waals surface area contributed by atoms with Gasteiger partial charge in [-0.3, -0.25) is 4.68 Å². The molecule has 3 nitrogen and oxygen atoms in total. The number of rotatable bonds is 6. The molecule has 2 rings (SSSR count). The van der Waals surface area contributed by atoms with Crippen LogP contribution in [0.1, 0.15) is 36.8 Å². The van der Waals surface area contributed by atoms with E-state index in [2.05, 4.69) is 46.3 Å². The molecule has 1 aromatic carbocycles. The molecule has 1 N–H and O–H groups in total. The van der Waals surface area contributed by atoms with Gasteiger partial charge < -0.3 is 5.32 Å². The third-order valence-corrected chi connectivity index (χ3v) is 4.15. The molecular formula is C16H21BrFN3. The van der Waals surface area contributed by atoms with Crippen molar-refractivity contribution in [2.75, 3.05) is 7.05 Å². The molecule has 0 aliphatic rings. The zero-order valence-corrected chi connectivity index (χ0v) is 14.2. The average molecular weight is 354 g/mol. The van der Waals surface area contributed by atoms with Crippen molar-refractivity contribution in [3.63, 3.8) is 0 Å². The van der Waals surface area contributed by atoms with Gasteiger partial charge in [0.25, 0.3) is 0 Å². The Morgan fingerprint density at radius 1 is 1.33 bits per heavy atom. The summed E-state index contributed by atoms with van der Waals surface area (Å²) in [7, 11) is 1.90. The summed E-state index contributed by atoms with van der Waals surface area (Å²) in [4.78, 5) is 0. The number of aromatic nitrogens is 2. The molecule has 1 unspecified atom stereocenters. The van der Waals surface area contributed by atoms with Crippen LogP contribution in [0.15, 0.2) is 28.7 Å². The fraction of sp³-hybridized carbons (Fsp3) is 0.438. The topological polar surface area (TPSA) is 29.9 Å². The second kappa shape index (κ2) is 7.18. The van der Waals surface area contributed by atoms with E-state index in [0.29, 0.717) is 12.0 Å². The van der Waals surface area contributed by atoms with E-state index in [1.165, 1.54) is 6.07 Å². The number of nitrogens with zero attached hydrogens (tertiary/aromatic N) is 2. The van der Waals surface area contributed by atoms with Crippen molar-refractivity contribution in [2.45, 2.75) is 39.3 Å². The summed E-state index contributed by atoms with van der Waals surface area (Å²) in [6.07, 6.45) is 1.50. The predicted molar refractivity (Wildman–Crippen MR) is 86.9 cm³/mol. The van der Waals surface area contributed by atoms with Crippen molar-refractivity contribution in [1.29, 1.82) is 0 Å². The van der Waals surface area contributed by atoms with E-state index in [1.807, 2.05) is 17.8 Å². The number of hydrogen-bond acceptors (Lipinski definition) is 2. The van der Waals surface area contributed by atoms with Crippen molar-refractivity contribution >= 4 is 15.9 Å². The zero-order valence-electron chi connectivity index (χ0n) is 12.7. The lowest BCUT2D eigenvalue weighted by atomic mass is 10.0. The summed E-state index contributed by atoms with van der Waals surface area (Å²) in [6.45, 7) is 4.98. The van der Waals surface area contributed by atoms with E-state index in [0.717, 1.165) is 28.8 Å². The van der Waals surface area contributed by atoms with Gasteiger partial charge in [0, 0.05) is 11.0 Å². The first-order chi connectivity index (χ1) is 10.1. The summed E-state index contributed by atoms with van der Waals surface area (Å²) in [5, 5.41) is 7.85. The molecule has 0 bridgehead atoms. The maximum absolute atomic E-state index is 14.0. The molecule has 0 aliphatic heterocycles. The van der Waals surface area contributed by atoms with E-state index in [4.69, 9.17) is 0 Å². The van der Waals surface area contributed by atoms with Gasteiger partial charge in [-0.25, -0.2) is 4.39 Å². The van der Waals surface area contributed by atoms with Crippen LogP contribution in [0.2, 0.25) is 0 Å². The van der Waals surface area contributed by atoms with Crippen LogP contribution in [0.25, 0.3) is 0 Å². The summed E-state index contributed by atoms with van der Waals surface area (Å²) in [5.41, 5.74) is 2.88. The lowest BCUT2D eigenvalue weighted by Crippen LogP contribution is -2.22. The quantitative estimate of drug-likeness (QED) is 0.854. The van der Waals surface area contributed by atoms with Gasteiger partial charge in [0.15, 0.2) is 0 Å². The predicted octanol–water partition coefficient (Wildman–Crippen LogP) is 3.87. The van der Waals surface area contributed by atoms with E-state index >= 15 is 0 Å². The molecule has 0 aliphatic carbocycles. The molecule has 0 amide bonds. The van der Waals surface area contributed by atoms with Crippen LogP contribution in [0.4, 0.5) is 4.39 Å². The van der Waals surface area contributed by atoms with Crippen molar-refractivity contribution in [3.8, 4) is 0 Å². The maximum Gasteiger partial charge on any atom is 0.126 e. The minimum Gasteiger partial charge on any atom is -0.311 e. The Hall–Kier alpha value is -1.20. The lowest BCUT2D eigenvalue weighted by Gasteiger charge is -2.18. The number of hydrogen-bond donors (Lipinski definition) is 1. The summed E-state index contributed by atoms with van der Waals surface area (Å²) in [6, 6.07) is 7.22. The summed E-state index contributed by atoms with van der Waals surface area (Å²) >= 11 is 3.40. The molecule has 0 spiro atoms. The third-order valence-electron chi connectivity index (χ3n) is 3.66. The standard InChI is InChI=1S/C16H21BrFN3/c1-4-13-10-16(21(5-2)20-13)15(19-3)9-11-8-12(17)6-7-14(11)18/h6-8,10,15,19H,4-5,9H2,1-3H3. The molecular weight excluding hydrogens is 333 g/mol. The van der Waals surface area contributed by atoms with Crippen LogP contribution < -0.4 is 5.32 Å². The molecule has 0 radical (unpaired) electrons. The van der Waals surface area contributed by atoms with Gasteiger partial charge in [0.05, 0.1) is 17.4 Å². The van der Waals surface area contributed by atoms with E-state index in [-0.39, 0.29) is 11.9 Å². The van der Waals surface area contributed by atoms with Gasteiger partial charge in [0.1, 0.15) is 5.82 Å². The van der Waals surface area contributed by atoms with Crippen molar-refractivity contribution in [2.24, 2.45) is 0 Å². The molecule has 0 saturated heterocycles. The normalized spacial score (nSPS) is 12.6. The van der Waals surface area contributed by atoms with Gasteiger partial charge in [-0.15, -0.1) is 0 Å². The van der Waals surface area contributed by atoms with Crippen LogP contribution in [0, 0.1) is 5.82 Å². The molecule has 2 aromatic rings. The molecule has 1 atom stereocenters. The second-order valence-electron chi connectivity index (χ2n) is 5.01. The number of aryl methyl sites for hydroxylation is 2. The fourth-order valence-electron chi connectivity index (χ4n) is 2.47. The Morgan fingerprint density at radius 2 is 2.10 bits per heavy atom. The zero-order chi connectivity index (χ0) is 15.4. The first-order valence-electron chi connectivity index (χ1n) is 7.26. The summed E-state index contributed by atoms with van der Waals surface area (Å²) in [5.74, 6) is -0.170. The molecule has 0 saturated carbocycles. The first kappa shape index (κ1) is 16.2. The Balaban J connectivity index is 2.31. The summed E-state index contributed by atoms with van der Waals surface area (Å²) < 4.78 is 16.9. The number of halogens is 2. The fourth-order valence-corrected chi connectivity index (χ4v) is 2.88. The van der Waals surface area contributed by atoms with Crippen LogP contribution in [-0.4, -0.2) is 16.8 Å². The highest BCUT2D eigenvalue weighted by Crippen LogP contribution is 2.23. The van der Waals surface area contributed by atoms with Gasteiger partial charge in [-0.2, -0.15) is 5.10 Å². The largest absolute Gasteiger partial charge is 0.311 e. The SMILES string of the molecule is CCc1cc(C(Cc2cc(Br)ccc2F)NC)n(CC)n1. The highest BCUT2D eigenvalue weighted by atomic mass is 79.9. The molecule has 1 aromatic heterocycles. The molecule has 1 heterocycles. The van der Waals surface area contributed by atoms with Crippen molar-refractivity contribution in [3.05, 3.63) is 51.5 Å². The Bertz CT molecular complexity index is 610. The lowest BCUT2D eigenvalue weighted by molar-refractivity contribution is 0.500. The minimum absolute atomic E-state index is 0.0431. The van der Waals surface area contributed by atoms with Gasteiger partial charge in [-0.05, 0) is 56.6 Å². The van der Waals surface area contributed by atoms with E-state index < -0.39 is 0 Å². The molecule has 5 heteroatoms. The molecule has 21 heavy (non-hydrogen) atoms. The van der Waals surface area contributed by atoms with E-state index in [9.17, 15) is 4.39 Å². The van der Waals surface area contributed by atoms with Gasteiger partial charge >= 0.3 is 0 Å². The smallest absolute Gasteiger partial charge is 0.126 e. The second-order valence-corrected chi connectivity index (χ2v) is 5.93. The Morgan fingerprint density at radius 3 is 2.71 bits per heavy atom. The Labute approximate surface area is 133 Å². The monoisotopic (exact) mass is 353 g/mol. The van der Waals surface area contributed by atoms with Crippen molar-refractivity contribution in [1.82, 2.24) is 15.1 Å². The molecule has 0 fully saturated rings. The number of likely N-dealkylation sites (N-methyl/N-ethyl adjacent to an activating group) is 1. The number of benzene rings is 1. The first-order valence-corrected chi connectivity index (χ1v) is 8.06. The van der Waals surface area contributed by atoms with Crippen LogP contribution in [0.3, 0.4) is 0 Å². The minimum atomic E-state index is -0.170. The van der Waals surface area contributed by atoms with Crippen molar-refractivity contribution < 1.29 is 4.39 Å². The van der Waals surface area contributed by atoms with Crippen LogP contribution >= 0.6 is 15.9 Å². The highest BCUT2D eigenvalue weighted by molar-refractivity contribution is 9.10. The highest BCUT2D eigenvalue weighted by Gasteiger charge is 2.18.